The lowest BCUT2D eigenvalue weighted by atomic mass is 9.95. The van der Waals surface area contributed by atoms with E-state index in [2.05, 4.69) is 21.3 Å². The van der Waals surface area contributed by atoms with E-state index in [9.17, 15) is 41.5 Å². The van der Waals surface area contributed by atoms with Crippen molar-refractivity contribution in [3.05, 3.63) is 65.2 Å². The fourth-order valence-corrected chi connectivity index (χ4v) is 4.40. The van der Waals surface area contributed by atoms with E-state index in [0.29, 0.717) is 13.0 Å². The average Bonchev–Trinajstić information content (AvgIpc) is 3.38. The summed E-state index contributed by atoms with van der Waals surface area (Å²) < 4.78 is 60.0. The Labute approximate surface area is 244 Å². The van der Waals surface area contributed by atoms with E-state index in [-0.39, 0.29) is 37.3 Å². The maximum absolute atomic E-state index is 14.0. The summed E-state index contributed by atoms with van der Waals surface area (Å²) in [5.74, 6) is -13.8. The summed E-state index contributed by atoms with van der Waals surface area (Å²) in [6.45, 7) is 2.77. The van der Waals surface area contributed by atoms with Crippen molar-refractivity contribution in [2.75, 3.05) is 13.2 Å². The predicted molar refractivity (Wildman–Crippen MR) is 144 cm³/mol. The maximum Gasteiger partial charge on any atom is 0.309 e. The van der Waals surface area contributed by atoms with Crippen LogP contribution in [0, 0.1) is 35.1 Å². The van der Waals surface area contributed by atoms with Crippen molar-refractivity contribution >= 4 is 29.4 Å². The maximum atomic E-state index is 14.0. The fraction of sp³-hybridized carbons (Fsp3) is 0.414. The van der Waals surface area contributed by atoms with Gasteiger partial charge in [-0.05, 0) is 30.7 Å². The van der Waals surface area contributed by atoms with Gasteiger partial charge in [-0.25, -0.2) is 8.78 Å². The average molecular weight is 609 g/mol. The van der Waals surface area contributed by atoms with Crippen LogP contribution in [0.1, 0.15) is 38.7 Å². The Morgan fingerprint density at radius 1 is 0.953 bits per heavy atom. The van der Waals surface area contributed by atoms with Gasteiger partial charge in [0.1, 0.15) is 12.6 Å². The Morgan fingerprint density at radius 3 is 2.19 bits per heavy atom. The summed E-state index contributed by atoms with van der Waals surface area (Å²) in [7, 11) is 0. The molecule has 0 aliphatic carbocycles. The van der Waals surface area contributed by atoms with E-state index in [4.69, 9.17) is 4.74 Å². The number of nitrogens with one attached hydrogen (secondary N) is 4. The van der Waals surface area contributed by atoms with Crippen molar-refractivity contribution in [3.63, 3.8) is 0 Å². The van der Waals surface area contributed by atoms with Crippen LogP contribution >= 0.6 is 0 Å². The highest BCUT2D eigenvalue weighted by atomic mass is 19.2. The van der Waals surface area contributed by atoms with E-state index >= 15 is 0 Å². The molecule has 0 spiro atoms. The molecule has 10 nitrogen and oxygen atoms in total. The van der Waals surface area contributed by atoms with Gasteiger partial charge in [-0.3, -0.25) is 24.0 Å². The number of ketones is 1. The lowest BCUT2D eigenvalue weighted by molar-refractivity contribution is -0.141. The lowest BCUT2D eigenvalue weighted by Crippen LogP contribution is -2.55. The Bertz CT molecular complexity index is 1330. The van der Waals surface area contributed by atoms with Gasteiger partial charge in [0, 0.05) is 25.1 Å². The smallest absolute Gasteiger partial charge is 0.309 e. The van der Waals surface area contributed by atoms with E-state index in [1.807, 2.05) is 0 Å². The number of carbonyl (C=O) groups is 5. The summed E-state index contributed by atoms with van der Waals surface area (Å²) in [5, 5.41) is 9.81. The predicted octanol–water partition coefficient (Wildman–Crippen LogP) is 2.05. The standard InChI is InChI=1S/C29H32F4N4O6/c1-15(2)10-21(37-29(42)28(41)35-13-16-6-4-3-5-7-16)27(40)36-20(11-17-8-9-34-26(17)39)22(38)14-43-25-23(32)18(30)12-19(31)24(25)33/h3-7,12,15,17,20-21H,8-11,13-14H2,1-2H3,(H,34,39)(H,35,41)(H,36,40)(H,37,42). The SMILES string of the molecule is CC(C)CC(NC(=O)C(=O)NCc1ccccc1)C(=O)NC(CC1CCNC1=O)C(=O)COc1c(F)c(F)cc(F)c1F. The summed E-state index contributed by atoms with van der Waals surface area (Å²) in [5.41, 5.74) is 0.736. The van der Waals surface area contributed by atoms with Crippen LogP contribution < -0.4 is 26.0 Å². The first-order chi connectivity index (χ1) is 20.4. The van der Waals surface area contributed by atoms with Gasteiger partial charge in [0.2, 0.25) is 23.4 Å². The van der Waals surface area contributed by atoms with E-state index in [0.717, 1.165) is 5.56 Å². The zero-order valence-corrected chi connectivity index (χ0v) is 23.5. The molecule has 4 N–H and O–H groups in total. The molecule has 232 valence electrons. The van der Waals surface area contributed by atoms with Crippen LogP contribution in [0.3, 0.4) is 0 Å². The van der Waals surface area contributed by atoms with Crippen LogP contribution in [0.5, 0.6) is 5.75 Å². The van der Waals surface area contributed by atoms with Gasteiger partial charge in [-0.15, -0.1) is 0 Å². The van der Waals surface area contributed by atoms with Crippen molar-refractivity contribution in [2.24, 2.45) is 11.8 Å². The molecule has 0 bridgehead atoms. The van der Waals surface area contributed by atoms with Crippen molar-refractivity contribution < 1.29 is 46.3 Å². The second-order valence-corrected chi connectivity index (χ2v) is 10.4. The van der Waals surface area contributed by atoms with Gasteiger partial charge in [0.15, 0.2) is 23.2 Å². The number of ether oxygens (including phenoxy) is 1. The number of halogens is 4. The number of Topliss-reactive ketones (excluding diaryl/α,β-unsaturated/α-hetero) is 1. The molecule has 43 heavy (non-hydrogen) atoms. The molecule has 0 aromatic heterocycles. The summed E-state index contributed by atoms with van der Waals surface area (Å²) in [6, 6.07) is 6.02. The zero-order valence-electron chi connectivity index (χ0n) is 23.5. The third kappa shape index (κ3) is 9.25. The normalized spacial score (nSPS) is 15.8. The Hall–Kier alpha value is -4.49. The van der Waals surface area contributed by atoms with Gasteiger partial charge in [0.25, 0.3) is 0 Å². The molecular weight excluding hydrogens is 576 g/mol. The minimum Gasteiger partial charge on any atom is -0.479 e. The van der Waals surface area contributed by atoms with Gasteiger partial charge in [-0.1, -0.05) is 44.2 Å². The zero-order chi connectivity index (χ0) is 31.7. The third-order valence-electron chi connectivity index (χ3n) is 6.65. The van der Waals surface area contributed by atoms with Crippen molar-refractivity contribution in [3.8, 4) is 5.75 Å². The van der Waals surface area contributed by atoms with Gasteiger partial charge >= 0.3 is 11.8 Å². The van der Waals surface area contributed by atoms with Gasteiger partial charge in [-0.2, -0.15) is 8.78 Å². The Kier molecular flexibility index (Phi) is 11.6. The van der Waals surface area contributed by atoms with Gasteiger partial charge in [0.05, 0.1) is 6.04 Å². The molecule has 3 atom stereocenters. The highest BCUT2D eigenvalue weighted by Gasteiger charge is 2.34. The van der Waals surface area contributed by atoms with Crippen LogP contribution in [0.2, 0.25) is 0 Å². The highest BCUT2D eigenvalue weighted by Crippen LogP contribution is 2.26. The molecular formula is C29H32F4N4O6. The van der Waals surface area contributed by atoms with Crippen LogP contribution in [0.15, 0.2) is 36.4 Å². The first-order valence-corrected chi connectivity index (χ1v) is 13.6. The number of carbonyl (C=O) groups excluding carboxylic acids is 5. The first kappa shape index (κ1) is 33.0. The molecule has 1 aliphatic heterocycles. The summed E-state index contributed by atoms with van der Waals surface area (Å²) in [4.78, 5) is 63.5. The topological polar surface area (TPSA) is 143 Å². The Balaban J connectivity index is 1.72. The minimum absolute atomic E-state index is 0.0217. The number of benzene rings is 2. The largest absolute Gasteiger partial charge is 0.479 e. The number of hydrogen-bond acceptors (Lipinski definition) is 6. The monoisotopic (exact) mass is 608 g/mol. The van der Waals surface area contributed by atoms with Crippen LogP contribution in [-0.2, 0) is 30.5 Å². The molecule has 0 saturated carbocycles. The van der Waals surface area contributed by atoms with Gasteiger partial charge < -0.3 is 26.0 Å². The molecule has 4 amide bonds. The summed E-state index contributed by atoms with van der Waals surface area (Å²) >= 11 is 0. The molecule has 3 unspecified atom stereocenters. The molecule has 2 aromatic carbocycles. The number of rotatable bonds is 13. The summed E-state index contributed by atoms with van der Waals surface area (Å²) in [6.07, 6.45) is 0.150. The van der Waals surface area contributed by atoms with Crippen molar-refractivity contribution in [1.29, 1.82) is 0 Å². The van der Waals surface area contributed by atoms with Crippen LogP contribution in [-0.4, -0.2) is 54.6 Å². The van der Waals surface area contributed by atoms with Crippen LogP contribution in [0.4, 0.5) is 17.6 Å². The van der Waals surface area contributed by atoms with Crippen molar-refractivity contribution in [2.45, 2.75) is 51.7 Å². The second kappa shape index (κ2) is 15.1. The fourth-order valence-electron chi connectivity index (χ4n) is 4.40. The molecule has 14 heteroatoms. The third-order valence-corrected chi connectivity index (χ3v) is 6.65. The lowest BCUT2D eigenvalue weighted by Gasteiger charge is -2.25. The van der Waals surface area contributed by atoms with Crippen molar-refractivity contribution in [1.82, 2.24) is 21.3 Å². The molecule has 1 saturated heterocycles. The molecule has 1 heterocycles. The van der Waals surface area contributed by atoms with E-state index in [1.54, 1.807) is 44.2 Å². The number of hydrogen-bond donors (Lipinski definition) is 4. The van der Waals surface area contributed by atoms with Crippen LogP contribution in [0.25, 0.3) is 0 Å². The molecule has 1 fully saturated rings. The quantitative estimate of drug-likeness (QED) is 0.156. The highest BCUT2D eigenvalue weighted by molar-refractivity contribution is 6.35. The molecule has 1 aliphatic rings. The molecule has 3 rings (SSSR count). The second-order valence-electron chi connectivity index (χ2n) is 10.4. The Morgan fingerprint density at radius 2 is 1.60 bits per heavy atom. The molecule has 2 aromatic rings. The first-order valence-electron chi connectivity index (χ1n) is 13.6. The van der Waals surface area contributed by atoms with E-state index in [1.165, 1.54) is 0 Å². The number of amides is 4. The molecule has 0 radical (unpaired) electrons. The minimum atomic E-state index is -1.85. The van der Waals surface area contributed by atoms with E-state index < -0.39 is 77.1 Å².